The number of amides is 3. The maximum Gasteiger partial charge on any atom is 0.312 e. The lowest BCUT2D eigenvalue weighted by Crippen LogP contribution is -2.63. The third kappa shape index (κ3) is 6.52. The number of aliphatic hydroxyl groups excluding tert-OH is 1. The van der Waals surface area contributed by atoms with E-state index in [-0.39, 0.29) is 17.9 Å². The molecule has 2 aromatic rings. The topological polar surface area (TPSA) is 176 Å². The van der Waals surface area contributed by atoms with Crippen LogP contribution in [0.3, 0.4) is 0 Å². The van der Waals surface area contributed by atoms with Gasteiger partial charge in [-0.1, -0.05) is 30.3 Å². The van der Waals surface area contributed by atoms with Crippen LogP contribution < -0.4 is 16.0 Å². The monoisotopic (exact) mass is 540 g/mol. The molecule has 2 unspecified atom stereocenters. The van der Waals surface area contributed by atoms with Gasteiger partial charge in [0.2, 0.25) is 12.0 Å². The molecule has 0 aliphatic carbocycles. The zero-order chi connectivity index (χ0) is 28.1. The van der Waals surface area contributed by atoms with Gasteiger partial charge in [-0.15, -0.1) is 0 Å². The molecule has 0 saturated carbocycles. The quantitative estimate of drug-likeness (QED) is 0.322. The standard InChI is InChI=1S/C27H32N4O8/c1-14-22(33)17(13-16-7-4-3-5-8-16)30-24(34)20(31-25(35)21-18(32)9-6-11-28-21)15(2)29-26(36)23(39-27(14)37)19-10-12-38-19/h3-9,11,14-15,17,19-20,22-23,32-33H,10,12-13H2,1-2H3,(H,29,36)(H,30,34)(H,31,35)/t14-,15-,17+,19?,20+,22+,23?/m1/s1. The van der Waals surface area contributed by atoms with Crippen LogP contribution in [0.5, 0.6) is 5.75 Å². The molecule has 2 aliphatic rings. The number of benzene rings is 1. The molecule has 7 atom stereocenters. The van der Waals surface area contributed by atoms with Crippen molar-refractivity contribution < 1.29 is 38.9 Å². The van der Waals surface area contributed by atoms with Gasteiger partial charge >= 0.3 is 5.97 Å². The molecule has 1 aromatic carbocycles. The third-order valence-electron chi connectivity index (χ3n) is 6.94. The number of nitrogens with one attached hydrogen (secondary N) is 3. The number of carbonyl (C=O) groups is 4. The molecule has 3 amide bonds. The first-order valence-corrected chi connectivity index (χ1v) is 12.8. The van der Waals surface area contributed by atoms with Crippen LogP contribution in [0.4, 0.5) is 0 Å². The number of pyridine rings is 1. The number of cyclic esters (lactones) is 1. The fourth-order valence-electron chi connectivity index (χ4n) is 4.50. The number of aliphatic hydroxyl groups is 1. The number of esters is 1. The van der Waals surface area contributed by atoms with Crippen LogP contribution >= 0.6 is 0 Å². The minimum atomic E-state index is -1.39. The van der Waals surface area contributed by atoms with E-state index in [2.05, 4.69) is 20.9 Å². The highest BCUT2D eigenvalue weighted by Crippen LogP contribution is 2.22. The zero-order valence-electron chi connectivity index (χ0n) is 21.6. The van der Waals surface area contributed by atoms with Crippen LogP contribution in [-0.4, -0.2) is 81.9 Å². The molecule has 208 valence electrons. The Morgan fingerprint density at radius 1 is 1.08 bits per heavy atom. The third-order valence-corrected chi connectivity index (χ3v) is 6.94. The first-order valence-electron chi connectivity index (χ1n) is 12.8. The van der Waals surface area contributed by atoms with Crippen molar-refractivity contribution in [1.82, 2.24) is 20.9 Å². The van der Waals surface area contributed by atoms with Crippen molar-refractivity contribution in [1.29, 1.82) is 0 Å². The Kier molecular flexibility index (Phi) is 8.77. The second-order valence-corrected chi connectivity index (χ2v) is 9.76. The molecule has 3 heterocycles. The van der Waals surface area contributed by atoms with Crippen molar-refractivity contribution >= 4 is 23.7 Å². The summed E-state index contributed by atoms with van der Waals surface area (Å²) >= 11 is 0. The van der Waals surface area contributed by atoms with Gasteiger partial charge in [-0.2, -0.15) is 0 Å². The largest absolute Gasteiger partial charge is 0.505 e. The molecule has 39 heavy (non-hydrogen) atoms. The highest BCUT2D eigenvalue weighted by molar-refractivity contribution is 5.98. The zero-order valence-corrected chi connectivity index (χ0v) is 21.6. The number of carbonyl (C=O) groups excluding carboxylic acids is 4. The minimum absolute atomic E-state index is 0.170. The lowest BCUT2D eigenvalue weighted by Gasteiger charge is -2.37. The molecular formula is C27H32N4O8. The fraction of sp³-hybridized carbons (Fsp3) is 0.444. The number of aromatic hydroxyl groups is 1. The van der Waals surface area contributed by atoms with Crippen LogP contribution in [0.2, 0.25) is 0 Å². The number of rotatable bonds is 5. The number of aromatic nitrogens is 1. The Morgan fingerprint density at radius 2 is 1.79 bits per heavy atom. The van der Waals surface area contributed by atoms with Crippen molar-refractivity contribution in [3.05, 3.63) is 59.9 Å². The molecule has 4 rings (SSSR count). The van der Waals surface area contributed by atoms with E-state index in [4.69, 9.17) is 9.47 Å². The molecule has 2 fully saturated rings. The summed E-state index contributed by atoms with van der Waals surface area (Å²) in [7, 11) is 0. The number of hydrogen-bond donors (Lipinski definition) is 5. The van der Waals surface area contributed by atoms with Crippen molar-refractivity contribution in [3.63, 3.8) is 0 Å². The van der Waals surface area contributed by atoms with Crippen LogP contribution in [-0.2, 0) is 30.3 Å². The lowest BCUT2D eigenvalue weighted by atomic mass is 9.92. The summed E-state index contributed by atoms with van der Waals surface area (Å²) in [6.45, 7) is 3.34. The van der Waals surface area contributed by atoms with E-state index in [0.29, 0.717) is 13.0 Å². The molecule has 5 N–H and O–H groups in total. The molecular weight excluding hydrogens is 508 g/mol. The minimum Gasteiger partial charge on any atom is -0.505 e. The highest BCUT2D eigenvalue weighted by atomic mass is 16.6. The van der Waals surface area contributed by atoms with Crippen LogP contribution in [0, 0.1) is 5.92 Å². The van der Waals surface area contributed by atoms with Crippen molar-refractivity contribution in [2.45, 2.75) is 63.1 Å². The van der Waals surface area contributed by atoms with Crippen LogP contribution in [0.1, 0.15) is 36.3 Å². The number of nitrogens with zero attached hydrogens (tertiary/aromatic N) is 1. The van der Waals surface area contributed by atoms with Crippen molar-refractivity contribution in [2.24, 2.45) is 5.92 Å². The Hall–Kier alpha value is -4.03. The molecule has 0 radical (unpaired) electrons. The summed E-state index contributed by atoms with van der Waals surface area (Å²) in [5.41, 5.74) is 0.481. The van der Waals surface area contributed by atoms with Crippen molar-refractivity contribution in [3.8, 4) is 5.75 Å². The Labute approximate surface area is 225 Å². The summed E-state index contributed by atoms with van der Waals surface area (Å²) in [5, 5.41) is 29.2. The average Bonchev–Trinajstić information content (AvgIpc) is 2.89. The van der Waals surface area contributed by atoms with Gasteiger partial charge in [0.15, 0.2) is 5.69 Å². The van der Waals surface area contributed by atoms with Gasteiger partial charge in [0.25, 0.3) is 11.8 Å². The second-order valence-electron chi connectivity index (χ2n) is 9.76. The van der Waals surface area contributed by atoms with Gasteiger partial charge in [-0.3, -0.25) is 19.2 Å². The lowest BCUT2D eigenvalue weighted by molar-refractivity contribution is -0.184. The number of ether oxygens (including phenoxy) is 2. The summed E-state index contributed by atoms with van der Waals surface area (Å²) in [5.74, 6) is -4.58. The van der Waals surface area contributed by atoms with Gasteiger partial charge in [0.05, 0.1) is 24.1 Å². The summed E-state index contributed by atoms with van der Waals surface area (Å²) in [6, 6.07) is 8.48. The molecule has 0 spiro atoms. The van der Waals surface area contributed by atoms with E-state index >= 15 is 0 Å². The fourth-order valence-corrected chi connectivity index (χ4v) is 4.50. The van der Waals surface area contributed by atoms with E-state index in [0.717, 1.165) is 5.56 Å². The highest BCUT2D eigenvalue weighted by Gasteiger charge is 2.43. The molecule has 2 saturated heterocycles. The molecule has 0 bridgehead atoms. The average molecular weight is 541 g/mol. The first-order chi connectivity index (χ1) is 18.7. The van der Waals surface area contributed by atoms with Gasteiger partial charge in [-0.05, 0) is 38.0 Å². The van der Waals surface area contributed by atoms with Crippen molar-refractivity contribution in [2.75, 3.05) is 6.61 Å². The number of hydrogen-bond acceptors (Lipinski definition) is 9. The predicted molar refractivity (Wildman–Crippen MR) is 136 cm³/mol. The Bertz CT molecular complexity index is 1210. The maximum atomic E-state index is 13.6. The maximum absolute atomic E-state index is 13.6. The Balaban J connectivity index is 1.67. The van der Waals surface area contributed by atoms with Crippen LogP contribution in [0.15, 0.2) is 48.7 Å². The Morgan fingerprint density at radius 3 is 2.44 bits per heavy atom. The molecule has 2 aliphatic heterocycles. The summed E-state index contributed by atoms with van der Waals surface area (Å²) < 4.78 is 10.9. The van der Waals surface area contributed by atoms with E-state index in [1.54, 1.807) is 12.1 Å². The van der Waals surface area contributed by atoms with E-state index in [1.165, 1.54) is 32.2 Å². The van der Waals surface area contributed by atoms with E-state index in [1.807, 2.05) is 18.2 Å². The second kappa shape index (κ2) is 12.2. The smallest absolute Gasteiger partial charge is 0.312 e. The summed E-state index contributed by atoms with van der Waals surface area (Å²) in [4.78, 5) is 56.6. The molecule has 12 nitrogen and oxygen atoms in total. The molecule has 12 heteroatoms. The van der Waals surface area contributed by atoms with E-state index in [9.17, 15) is 29.4 Å². The molecule has 1 aromatic heterocycles. The first kappa shape index (κ1) is 28.0. The predicted octanol–water partition coefficient (Wildman–Crippen LogP) is -0.171. The van der Waals surface area contributed by atoms with Crippen LogP contribution in [0.25, 0.3) is 0 Å². The van der Waals surface area contributed by atoms with Gasteiger partial charge in [0, 0.05) is 19.2 Å². The summed E-state index contributed by atoms with van der Waals surface area (Å²) in [6.07, 6.45) is -1.42. The van der Waals surface area contributed by atoms with E-state index < -0.39 is 66.0 Å². The van der Waals surface area contributed by atoms with Gasteiger partial charge in [0.1, 0.15) is 17.9 Å². The van der Waals surface area contributed by atoms with Gasteiger partial charge in [-0.25, -0.2) is 4.98 Å². The SMILES string of the molecule is C[C@H]1NC(=O)C(C2CCO2)OC(=O)[C@H](C)[C@H](O)[C@H](Cc2ccccc2)NC(=O)[C@H]1NC(=O)c1ncccc1O. The normalized spacial score (nSPS) is 29.9. The van der Waals surface area contributed by atoms with Gasteiger partial charge < -0.3 is 35.6 Å².